The quantitative estimate of drug-likeness (QED) is 0.0943. The molecule has 0 radical (unpaired) electrons. The van der Waals surface area contributed by atoms with E-state index in [1.807, 2.05) is 0 Å². The smallest absolute Gasteiger partial charge is 0.373 e. The third-order valence-electron chi connectivity index (χ3n) is 5.82. The highest BCUT2D eigenvalue weighted by Gasteiger charge is 2.41. The summed E-state index contributed by atoms with van der Waals surface area (Å²) in [6.45, 7) is 13.7. The summed E-state index contributed by atoms with van der Waals surface area (Å²) in [5, 5.41) is 0. The summed E-state index contributed by atoms with van der Waals surface area (Å²) in [4.78, 5) is 0. The van der Waals surface area contributed by atoms with Gasteiger partial charge in [0.1, 0.15) is 0 Å². The molecule has 0 aromatic heterocycles. The van der Waals surface area contributed by atoms with Crippen molar-refractivity contribution < 1.29 is 17.8 Å². The van der Waals surface area contributed by atoms with Gasteiger partial charge < -0.3 is 17.8 Å². The van der Waals surface area contributed by atoms with Gasteiger partial charge in [-0.05, 0) is 32.1 Å². The number of quaternary nitrogens is 1. The average molecular weight is 447 g/mol. The predicted molar refractivity (Wildman–Crippen MR) is 133 cm³/mol. The average Bonchev–Trinajstić information content (AvgIpc) is 2.71. The number of hydrogen-bond donors (Lipinski definition) is 0. The molecule has 0 N–H and O–H groups in total. The first kappa shape index (κ1) is 30.1. The van der Waals surface area contributed by atoms with Gasteiger partial charge >= 0.3 is 8.80 Å². The summed E-state index contributed by atoms with van der Waals surface area (Å²) >= 11 is 0. The van der Waals surface area contributed by atoms with Crippen LogP contribution in [0.25, 0.3) is 0 Å². The summed E-state index contributed by atoms with van der Waals surface area (Å²) in [7, 11) is 2.19. The number of nitrogens with zero attached hydrogens (tertiary/aromatic N) is 1. The molecule has 0 amide bonds. The first-order valence-electron chi connectivity index (χ1n) is 13.2. The largest absolute Gasteiger partial charge is 0.501 e. The number of unbranched alkanes of at least 4 members (excludes halogenated alkanes) is 8. The van der Waals surface area contributed by atoms with Crippen LogP contribution in [0.3, 0.4) is 0 Å². The Morgan fingerprint density at radius 1 is 0.500 bits per heavy atom. The molecule has 0 aliphatic heterocycles. The minimum atomic E-state index is -2.57. The lowest BCUT2D eigenvalue weighted by Crippen LogP contribution is -2.48. The minimum absolute atomic E-state index is 0.775. The van der Waals surface area contributed by atoms with Gasteiger partial charge in [-0.1, -0.05) is 72.6 Å². The van der Waals surface area contributed by atoms with Crippen molar-refractivity contribution in [2.75, 3.05) is 47.0 Å². The van der Waals surface area contributed by atoms with E-state index in [-0.39, 0.29) is 0 Å². The maximum absolute atomic E-state index is 6.40. The van der Waals surface area contributed by atoms with E-state index >= 15 is 0 Å². The fourth-order valence-corrected chi connectivity index (χ4v) is 6.25. The summed E-state index contributed by atoms with van der Waals surface area (Å²) in [5.41, 5.74) is 0. The van der Waals surface area contributed by atoms with Crippen molar-refractivity contribution >= 4 is 8.80 Å². The molecule has 30 heavy (non-hydrogen) atoms. The Balaban J connectivity index is 4.63. The van der Waals surface area contributed by atoms with Crippen LogP contribution in [-0.4, -0.2) is 60.3 Å². The molecule has 0 saturated carbocycles. The maximum atomic E-state index is 6.40. The van der Waals surface area contributed by atoms with E-state index in [1.165, 1.54) is 51.6 Å². The lowest BCUT2D eigenvalue weighted by molar-refractivity contribution is -0.890. The SMILES string of the molecule is CCCCCCCC[N+](C)(C)CCC[Si](OCCCC)(OCCCC)OCCCC. The fourth-order valence-electron chi connectivity index (χ4n) is 3.61. The molecule has 0 saturated heterocycles. The van der Waals surface area contributed by atoms with Gasteiger partial charge in [0.25, 0.3) is 0 Å². The van der Waals surface area contributed by atoms with Crippen molar-refractivity contribution in [3.63, 3.8) is 0 Å². The van der Waals surface area contributed by atoms with Crippen LogP contribution >= 0.6 is 0 Å². The monoisotopic (exact) mass is 446 g/mol. The van der Waals surface area contributed by atoms with Crippen LogP contribution in [-0.2, 0) is 13.3 Å². The third-order valence-corrected chi connectivity index (χ3v) is 8.72. The summed E-state index contributed by atoms with van der Waals surface area (Å²) in [6.07, 6.45) is 16.1. The van der Waals surface area contributed by atoms with E-state index in [1.54, 1.807) is 0 Å². The number of hydrogen-bond acceptors (Lipinski definition) is 3. The maximum Gasteiger partial charge on any atom is 0.501 e. The lowest BCUT2D eigenvalue weighted by Gasteiger charge is -2.33. The van der Waals surface area contributed by atoms with Gasteiger partial charge in [-0.2, -0.15) is 0 Å². The Morgan fingerprint density at radius 2 is 0.900 bits per heavy atom. The molecule has 0 fully saturated rings. The topological polar surface area (TPSA) is 27.7 Å². The fraction of sp³-hybridized carbons (Fsp3) is 1.00. The van der Waals surface area contributed by atoms with Gasteiger partial charge in [0.05, 0.1) is 27.2 Å². The molecule has 5 heteroatoms. The van der Waals surface area contributed by atoms with Crippen molar-refractivity contribution in [3.05, 3.63) is 0 Å². The Kier molecular flexibility index (Phi) is 19.8. The van der Waals surface area contributed by atoms with Crippen LogP contribution in [0.4, 0.5) is 0 Å². The molecule has 4 nitrogen and oxygen atoms in total. The van der Waals surface area contributed by atoms with E-state index in [2.05, 4.69) is 41.8 Å². The predicted octanol–water partition coefficient (Wildman–Crippen LogP) is 7.20. The van der Waals surface area contributed by atoms with Crippen molar-refractivity contribution in [1.82, 2.24) is 0 Å². The van der Waals surface area contributed by atoms with Gasteiger partial charge in [-0.3, -0.25) is 0 Å². The standard InChI is InChI=1S/C25H56NO3Si/c1-7-11-15-16-17-18-20-26(5,6)21-19-25-30(27-22-12-8-2,28-23-13-9-3)29-24-14-10-4/h7-25H2,1-6H3/q+1. The lowest BCUT2D eigenvalue weighted by atomic mass is 10.1. The second-order valence-electron chi connectivity index (χ2n) is 9.54. The molecule has 0 rings (SSSR count). The van der Waals surface area contributed by atoms with Gasteiger partial charge in [0.15, 0.2) is 0 Å². The third kappa shape index (κ3) is 16.7. The Labute approximate surface area is 191 Å². The zero-order valence-electron chi connectivity index (χ0n) is 21.6. The molecule has 0 atom stereocenters. The molecule has 0 spiro atoms. The van der Waals surface area contributed by atoms with E-state index < -0.39 is 8.80 Å². The molecule has 0 bridgehead atoms. The van der Waals surface area contributed by atoms with Crippen molar-refractivity contribution in [3.8, 4) is 0 Å². The van der Waals surface area contributed by atoms with E-state index in [9.17, 15) is 0 Å². The highest BCUT2D eigenvalue weighted by molar-refractivity contribution is 6.60. The highest BCUT2D eigenvalue weighted by atomic mass is 28.4. The molecular formula is C25H56NO3Si+. The summed E-state index contributed by atoms with van der Waals surface area (Å²) in [5.74, 6) is 0. The van der Waals surface area contributed by atoms with Crippen LogP contribution in [0.5, 0.6) is 0 Å². The zero-order chi connectivity index (χ0) is 22.6. The Morgan fingerprint density at radius 3 is 1.37 bits per heavy atom. The van der Waals surface area contributed by atoms with E-state index in [4.69, 9.17) is 13.3 Å². The number of rotatable bonds is 23. The van der Waals surface area contributed by atoms with Crippen LogP contribution in [0.15, 0.2) is 0 Å². The molecule has 0 aromatic carbocycles. The molecule has 0 heterocycles. The molecular weight excluding hydrogens is 390 g/mol. The van der Waals surface area contributed by atoms with Crippen molar-refractivity contribution in [2.24, 2.45) is 0 Å². The summed E-state index contributed by atoms with van der Waals surface area (Å²) < 4.78 is 20.3. The normalized spacial score (nSPS) is 12.6. The minimum Gasteiger partial charge on any atom is -0.373 e. The zero-order valence-corrected chi connectivity index (χ0v) is 22.6. The molecule has 0 aromatic rings. The van der Waals surface area contributed by atoms with Gasteiger partial charge in [0, 0.05) is 32.3 Å². The van der Waals surface area contributed by atoms with Crippen LogP contribution in [0, 0.1) is 0 Å². The first-order valence-corrected chi connectivity index (χ1v) is 15.1. The highest BCUT2D eigenvalue weighted by Crippen LogP contribution is 2.21. The molecule has 0 unspecified atom stereocenters. The molecule has 0 aliphatic carbocycles. The van der Waals surface area contributed by atoms with Crippen LogP contribution < -0.4 is 0 Å². The molecule has 0 aliphatic rings. The van der Waals surface area contributed by atoms with Crippen molar-refractivity contribution in [1.29, 1.82) is 0 Å². The van der Waals surface area contributed by atoms with E-state index in [0.29, 0.717) is 0 Å². The van der Waals surface area contributed by atoms with E-state index in [0.717, 1.165) is 75.3 Å². The molecule has 182 valence electrons. The van der Waals surface area contributed by atoms with Gasteiger partial charge in [0.2, 0.25) is 0 Å². The second kappa shape index (κ2) is 19.7. The first-order chi connectivity index (χ1) is 14.4. The van der Waals surface area contributed by atoms with Gasteiger partial charge in [-0.25, -0.2) is 0 Å². The van der Waals surface area contributed by atoms with Gasteiger partial charge in [-0.15, -0.1) is 0 Å². The Hall–Kier alpha value is 0.0569. The second-order valence-corrected chi connectivity index (χ2v) is 12.3. The van der Waals surface area contributed by atoms with Crippen LogP contribution in [0.2, 0.25) is 6.04 Å². The van der Waals surface area contributed by atoms with Crippen molar-refractivity contribution in [2.45, 2.75) is 117 Å². The summed E-state index contributed by atoms with van der Waals surface area (Å²) in [6, 6.07) is 0.961. The Bertz CT molecular complexity index is 340. The van der Waals surface area contributed by atoms with Crippen LogP contribution in [0.1, 0.15) is 111 Å².